The molecule has 6 nitrogen and oxygen atoms in total. The molecule has 0 aliphatic rings. The number of ether oxygens (including phenoxy) is 1. The van der Waals surface area contributed by atoms with E-state index in [4.69, 9.17) is 9.84 Å². The van der Waals surface area contributed by atoms with Crippen LogP contribution in [0.1, 0.15) is 15.2 Å². The number of rotatable bonds is 5. The molecule has 1 aromatic heterocycles. The predicted octanol–water partition coefficient (Wildman–Crippen LogP) is 3.70. The van der Waals surface area contributed by atoms with Gasteiger partial charge in [-0.25, -0.2) is 4.79 Å². The van der Waals surface area contributed by atoms with Crippen molar-refractivity contribution in [1.29, 1.82) is 0 Å². The van der Waals surface area contributed by atoms with Gasteiger partial charge in [0.25, 0.3) is 0 Å². The Morgan fingerprint density at radius 3 is 2.80 bits per heavy atom. The Morgan fingerprint density at radius 2 is 2.25 bits per heavy atom. The summed E-state index contributed by atoms with van der Waals surface area (Å²) in [6, 6.07) is 5.61. The number of nitrogens with zero attached hydrogens (tertiary/aromatic N) is 1. The Balaban J connectivity index is 2.32. The van der Waals surface area contributed by atoms with Crippen LogP contribution >= 0.6 is 27.3 Å². The van der Waals surface area contributed by atoms with Gasteiger partial charge in [-0.3, -0.25) is 10.1 Å². The Bertz CT molecular complexity index is 637. The van der Waals surface area contributed by atoms with Crippen molar-refractivity contribution in [2.24, 2.45) is 0 Å². The second kappa shape index (κ2) is 6.02. The molecule has 0 bridgehead atoms. The standard InChI is InChI=1S/C12H8BrNO5S/c13-7-4-8(20-6-7)5-19-11-9(12(15)16)2-1-3-10(11)14(17)18/h1-4,6H,5H2,(H,15,16). The summed E-state index contributed by atoms with van der Waals surface area (Å²) in [5, 5.41) is 21.8. The summed E-state index contributed by atoms with van der Waals surface area (Å²) in [6.07, 6.45) is 0. The van der Waals surface area contributed by atoms with Gasteiger partial charge in [0.05, 0.1) is 4.92 Å². The van der Waals surface area contributed by atoms with E-state index in [0.717, 1.165) is 9.35 Å². The van der Waals surface area contributed by atoms with E-state index in [1.807, 2.05) is 5.38 Å². The van der Waals surface area contributed by atoms with E-state index < -0.39 is 10.9 Å². The summed E-state index contributed by atoms with van der Waals surface area (Å²) >= 11 is 4.69. The normalized spacial score (nSPS) is 10.2. The number of carboxylic acid groups (broad SMARTS) is 1. The molecule has 0 aliphatic carbocycles. The number of thiophene rings is 1. The molecule has 1 heterocycles. The monoisotopic (exact) mass is 357 g/mol. The topological polar surface area (TPSA) is 89.7 Å². The number of para-hydroxylation sites is 1. The van der Waals surface area contributed by atoms with Crippen molar-refractivity contribution >= 4 is 38.9 Å². The van der Waals surface area contributed by atoms with Crippen LogP contribution in [0, 0.1) is 10.1 Å². The van der Waals surface area contributed by atoms with Crippen LogP contribution in [0.3, 0.4) is 0 Å². The van der Waals surface area contributed by atoms with Gasteiger partial charge >= 0.3 is 11.7 Å². The number of aromatic carboxylic acids is 1. The summed E-state index contributed by atoms with van der Waals surface area (Å²) in [5.41, 5.74) is -0.588. The van der Waals surface area contributed by atoms with Crippen LogP contribution in [0.2, 0.25) is 0 Å². The van der Waals surface area contributed by atoms with Gasteiger partial charge in [-0.15, -0.1) is 11.3 Å². The van der Waals surface area contributed by atoms with Gasteiger partial charge in [0, 0.05) is 20.8 Å². The van der Waals surface area contributed by atoms with Gasteiger partial charge in [0.15, 0.2) is 0 Å². The molecule has 2 aromatic rings. The van der Waals surface area contributed by atoms with Crippen LogP contribution in [0.15, 0.2) is 34.1 Å². The molecule has 1 aromatic carbocycles. The first-order valence-corrected chi connectivity index (χ1v) is 7.02. The largest absolute Gasteiger partial charge is 0.480 e. The fourth-order valence-electron chi connectivity index (χ4n) is 1.56. The van der Waals surface area contributed by atoms with E-state index >= 15 is 0 Å². The summed E-state index contributed by atoms with van der Waals surface area (Å²) < 4.78 is 6.23. The van der Waals surface area contributed by atoms with E-state index in [1.165, 1.54) is 29.5 Å². The molecule has 0 atom stereocenters. The molecule has 0 fully saturated rings. The highest BCUT2D eigenvalue weighted by molar-refractivity contribution is 9.10. The lowest BCUT2D eigenvalue weighted by Crippen LogP contribution is -2.05. The minimum Gasteiger partial charge on any atom is -0.480 e. The number of carboxylic acids is 1. The molecule has 0 saturated carbocycles. The van der Waals surface area contributed by atoms with Gasteiger partial charge in [-0.2, -0.15) is 0 Å². The maximum atomic E-state index is 11.1. The van der Waals surface area contributed by atoms with Gasteiger partial charge in [0.2, 0.25) is 5.75 Å². The summed E-state index contributed by atoms with van der Waals surface area (Å²) in [7, 11) is 0. The van der Waals surface area contributed by atoms with Crippen molar-refractivity contribution in [1.82, 2.24) is 0 Å². The lowest BCUT2D eigenvalue weighted by molar-refractivity contribution is -0.386. The Hall–Kier alpha value is -1.93. The molecule has 2 rings (SSSR count). The zero-order chi connectivity index (χ0) is 14.7. The van der Waals surface area contributed by atoms with Crippen LogP contribution in [0.4, 0.5) is 5.69 Å². The first kappa shape index (κ1) is 14.5. The van der Waals surface area contributed by atoms with Gasteiger partial charge in [0.1, 0.15) is 12.2 Å². The van der Waals surface area contributed by atoms with Crippen molar-refractivity contribution in [2.45, 2.75) is 6.61 Å². The molecule has 0 unspecified atom stereocenters. The van der Waals surface area contributed by atoms with Crippen molar-refractivity contribution < 1.29 is 19.6 Å². The smallest absolute Gasteiger partial charge is 0.339 e. The Labute approximate surface area is 125 Å². The average molecular weight is 358 g/mol. The molecule has 0 saturated heterocycles. The highest BCUT2D eigenvalue weighted by atomic mass is 79.9. The molecule has 0 spiro atoms. The third kappa shape index (κ3) is 3.14. The van der Waals surface area contributed by atoms with Gasteiger partial charge in [-0.1, -0.05) is 6.07 Å². The zero-order valence-electron chi connectivity index (χ0n) is 9.91. The number of hydrogen-bond acceptors (Lipinski definition) is 5. The minimum absolute atomic E-state index is 0.0708. The number of carbonyl (C=O) groups is 1. The van der Waals surface area contributed by atoms with E-state index in [0.29, 0.717) is 0 Å². The van der Waals surface area contributed by atoms with Crippen LogP contribution in [-0.4, -0.2) is 16.0 Å². The maximum absolute atomic E-state index is 11.1. The molecule has 20 heavy (non-hydrogen) atoms. The van der Waals surface area contributed by atoms with Crippen LogP contribution < -0.4 is 4.74 Å². The number of benzene rings is 1. The first-order valence-electron chi connectivity index (χ1n) is 5.35. The summed E-state index contributed by atoms with van der Waals surface area (Å²) in [6.45, 7) is 0.0708. The van der Waals surface area contributed by atoms with Crippen LogP contribution in [0.25, 0.3) is 0 Å². The van der Waals surface area contributed by atoms with Crippen molar-refractivity contribution in [3.05, 3.63) is 54.7 Å². The Kier molecular flexibility index (Phi) is 4.35. The fraction of sp³-hybridized carbons (Fsp3) is 0.0833. The van der Waals surface area contributed by atoms with Gasteiger partial charge in [-0.05, 0) is 28.1 Å². The molecule has 0 aliphatic heterocycles. The predicted molar refractivity (Wildman–Crippen MR) is 76.4 cm³/mol. The maximum Gasteiger partial charge on any atom is 0.339 e. The molecule has 104 valence electrons. The van der Waals surface area contributed by atoms with Crippen molar-refractivity contribution in [3.8, 4) is 5.75 Å². The second-order valence-corrected chi connectivity index (χ2v) is 5.65. The quantitative estimate of drug-likeness (QED) is 0.650. The van der Waals surface area contributed by atoms with Crippen LogP contribution in [-0.2, 0) is 6.61 Å². The number of nitro benzene ring substituents is 1. The second-order valence-electron chi connectivity index (χ2n) is 3.74. The summed E-state index contributed by atoms with van der Waals surface area (Å²) in [5.74, 6) is -1.49. The number of halogens is 1. The Morgan fingerprint density at radius 1 is 1.50 bits per heavy atom. The molecule has 1 N–H and O–H groups in total. The van der Waals surface area contributed by atoms with Crippen molar-refractivity contribution in [3.63, 3.8) is 0 Å². The minimum atomic E-state index is -1.27. The fourth-order valence-corrected chi connectivity index (χ4v) is 2.92. The van der Waals surface area contributed by atoms with E-state index in [-0.39, 0.29) is 23.6 Å². The van der Waals surface area contributed by atoms with Crippen molar-refractivity contribution in [2.75, 3.05) is 0 Å². The SMILES string of the molecule is O=C(O)c1cccc([N+](=O)[O-])c1OCc1cc(Br)cs1. The highest BCUT2D eigenvalue weighted by Gasteiger charge is 2.23. The average Bonchev–Trinajstić information content (AvgIpc) is 2.81. The highest BCUT2D eigenvalue weighted by Crippen LogP contribution is 2.32. The first-order chi connectivity index (χ1) is 9.49. The van der Waals surface area contributed by atoms with E-state index in [9.17, 15) is 14.9 Å². The molecule has 0 radical (unpaired) electrons. The summed E-state index contributed by atoms with van der Waals surface area (Å²) in [4.78, 5) is 22.2. The molecular formula is C12H8BrNO5S. The van der Waals surface area contributed by atoms with Gasteiger partial charge < -0.3 is 9.84 Å². The van der Waals surface area contributed by atoms with Crippen LogP contribution in [0.5, 0.6) is 5.75 Å². The molecular weight excluding hydrogens is 350 g/mol. The lowest BCUT2D eigenvalue weighted by atomic mass is 10.1. The molecule has 0 amide bonds. The van der Waals surface area contributed by atoms with E-state index in [2.05, 4.69) is 15.9 Å². The number of nitro groups is 1. The third-order valence-electron chi connectivity index (χ3n) is 2.40. The zero-order valence-corrected chi connectivity index (χ0v) is 12.3. The lowest BCUT2D eigenvalue weighted by Gasteiger charge is -2.08. The number of hydrogen-bond donors (Lipinski definition) is 1. The van der Waals surface area contributed by atoms with E-state index in [1.54, 1.807) is 6.07 Å². The molecule has 8 heteroatoms. The third-order valence-corrected chi connectivity index (χ3v) is 4.07.